The molecule has 0 saturated heterocycles. The minimum Gasteiger partial charge on any atom is -0.324 e. The van der Waals surface area contributed by atoms with E-state index in [-0.39, 0.29) is 6.04 Å². The van der Waals surface area contributed by atoms with Gasteiger partial charge in [0, 0.05) is 6.04 Å². The van der Waals surface area contributed by atoms with Gasteiger partial charge in [0.15, 0.2) is 0 Å². The molecule has 1 atom stereocenters. The Bertz CT molecular complexity index is 321. The lowest BCUT2D eigenvalue weighted by Crippen LogP contribution is -2.20. The van der Waals surface area contributed by atoms with E-state index in [1.807, 2.05) is 12.2 Å². The molecule has 0 bridgehead atoms. The van der Waals surface area contributed by atoms with E-state index < -0.39 is 0 Å². The van der Waals surface area contributed by atoms with Crippen molar-refractivity contribution in [2.75, 3.05) is 0 Å². The van der Waals surface area contributed by atoms with Gasteiger partial charge in [-0.15, -0.1) is 0 Å². The second-order valence-corrected chi connectivity index (χ2v) is 4.47. The molecule has 0 saturated carbocycles. The van der Waals surface area contributed by atoms with E-state index in [2.05, 4.69) is 38.8 Å². The normalized spacial score (nSPS) is 13.0. The maximum absolute atomic E-state index is 6.03. The molecular weight excluding hydrogens is 218 g/mol. The third-order valence-electron chi connectivity index (χ3n) is 2.87. The Balaban J connectivity index is 3.69. The van der Waals surface area contributed by atoms with E-state index in [1.165, 1.54) is 12.0 Å². The van der Waals surface area contributed by atoms with Crippen LogP contribution in [0.1, 0.15) is 39.0 Å². The highest BCUT2D eigenvalue weighted by molar-refractivity contribution is 5.23. The van der Waals surface area contributed by atoms with Crippen LogP contribution in [0.2, 0.25) is 0 Å². The molecule has 0 heterocycles. The number of hydrogen-bond acceptors (Lipinski definition) is 1. The van der Waals surface area contributed by atoms with Crippen molar-refractivity contribution in [3.05, 3.63) is 61.3 Å². The Morgan fingerprint density at radius 1 is 1.22 bits per heavy atom. The van der Waals surface area contributed by atoms with Crippen LogP contribution in [0, 0.1) is 0 Å². The lowest BCUT2D eigenvalue weighted by atomic mass is 10.0. The molecule has 0 aromatic heterocycles. The van der Waals surface area contributed by atoms with Crippen LogP contribution in [-0.2, 0) is 0 Å². The Morgan fingerprint density at radius 2 is 1.94 bits per heavy atom. The van der Waals surface area contributed by atoms with E-state index in [9.17, 15) is 0 Å². The monoisotopic (exact) mass is 245 g/mol. The molecule has 0 aromatic carbocycles. The Hall–Kier alpha value is -1.34. The molecule has 100 valence electrons. The summed E-state index contributed by atoms with van der Waals surface area (Å²) in [6.45, 7) is 13.6. The fourth-order valence-electron chi connectivity index (χ4n) is 1.49. The van der Waals surface area contributed by atoms with E-state index in [1.54, 1.807) is 6.08 Å². The van der Waals surface area contributed by atoms with Crippen molar-refractivity contribution < 1.29 is 0 Å². The molecule has 1 heteroatoms. The van der Waals surface area contributed by atoms with Crippen LogP contribution in [-0.4, -0.2) is 6.04 Å². The highest BCUT2D eigenvalue weighted by atomic mass is 14.6. The van der Waals surface area contributed by atoms with Crippen molar-refractivity contribution in [3.8, 4) is 0 Å². The summed E-state index contributed by atoms with van der Waals surface area (Å²) in [4.78, 5) is 0. The summed E-state index contributed by atoms with van der Waals surface area (Å²) in [6, 6.07) is 0.0655. The number of hydrogen-bond donors (Lipinski definition) is 1. The van der Waals surface area contributed by atoms with Crippen LogP contribution in [0.25, 0.3) is 0 Å². The van der Waals surface area contributed by atoms with Crippen LogP contribution in [0.4, 0.5) is 0 Å². The summed E-state index contributed by atoms with van der Waals surface area (Å²) in [5, 5.41) is 0. The summed E-state index contributed by atoms with van der Waals surface area (Å²) >= 11 is 0. The Morgan fingerprint density at radius 3 is 2.56 bits per heavy atom. The minimum atomic E-state index is 0.0655. The quantitative estimate of drug-likeness (QED) is 0.438. The molecule has 0 fully saturated rings. The summed E-state index contributed by atoms with van der Waals surface area (Å²) in [7, 11) is 0. The third-order valence-corrected chi connectivity index (χ3v) is 2.87. The zero-order valence-corrected chi connectivity index (χ0v) is 11.7. The fourth-order valence-corrected chi connectivity index (χ4v) is 1.49. The molecule has 18 heavy (non-hydrogen) atoms. The van der Waals surface area contributed by atoms with Gasteiger partial charge in [-0.05, 0) is 31.3 Å². The molecule has 0 aliphatic heterocycles. The highest BCUT2D eigenvalue weighted by Crippen LogP contribution is 2.10. The predicted octanol–water partition coefficient (Wildman–Crippen LogP) is 4.69. The molecule has 0 aliphatic carbocycles. The third kappa shape index (κ3) is 8.77. The standard InChI is InChI=1S/C17H27N/c1-5-7-13-16(4)17(18)14-11-9-8-10-12-15(3)6-2/h5,7,10,12-13,17H,1,3-4,6,8-9,11,14,18H2,2H3/b12-10+,13-7-. The van der Waals surface area contributed by atoms with Crippen molar-refractivity contribution in [2.45, 2.75) is 45.1 Å². The van der Waals surface area contributed by atoms with Gasteiger partial charge in [0.1, 0.15) is 0 Å². The summed E-state index contributed by atoms with van der Waals surface area (Å²) < 4.78 is 0. The number of allylic oxidation sites excluding steroid dienone is 5. The van der Waals surface area contributed by atoms with Gasteiger partial charge in [0.2, 0.25) is 0 Å². The first-order valence-electron chi connectivity index (χ1n) is 6.69. The van der Waals surface area contributed by atoms with E-state index in [0.29, 0.717) is 0 Å². The van der Waals surface area contributed by atoms with Gasteiger partial charge in [-0.3, -0.25) is 0 Å². The molecule has 0 amide bonds. The van der Waals surface area contributed by atoms with Crippen LogP contribution in [0.15, 0.2) is 61.3 Å². The van der Waals surface area contributed by atoms with Gasteiger partial charge in [0.05, 0.1) is 0 Å². The van der Waals surface area contributed by atoms with E-state index in [4.69, 9.17) is 5.73 Å². The highest BCUT2D eigenvalue weighted by Gasteiger charge is 2.03. The molecule has 0 spiro atoms. The molecule has 0 aromatic rings. The van der Waals surface area contributed by atoms with Gasteiger partial charge in [-0.2, -0.15) is 0 Å². The molecular formula is C17H27N. The first kappa shape index (κ1) is 16.7. The summed E-state index contributed by atoms with van der Waals surface area (Å²) in [5.41, 5.74) is 8.19. The topological polar surface area (TPSA) is 26.0 Å². The fraction of sp³-hybridized carbons (Fsp3) is 0.412. The van der Waals surface area contributed by atoms with Crippen LogP contribution >= 0.6 is 0 Å². The van der Waals surface area contributed by atoms with Crippen molar-refractivity contribution in [1.29, 1.82) is 0 Å². The first-order chi connectivity index (χ1) is 8.61. The summed E-state index contributed by atoms with van der Waals surface area (Å²) in [6.07, 6.45) is 15.3. The van der Waals surface area contributed by atoms with Crippen molar-refractivity contribution in [2.24, 2.45) is 5.73 Å². The van der Waals surface area contributed by atoms with Gasteiger partial charge in [-0.1, -0.05) is 69.0 Å². The van der Waals surface area contributed by atoms with Gasteiger partial charge < -0.3 is 5.73 Å². The predicted molar refractivity (Wildman–Crippen MR) is 83.5 cm³/mol. The second kappa shape index (κ2) is 10.8. The number of rotatable bonds is 10. The van der Waals surface area contributed by atoms with E-state index >= 15 is 0 Å². The smallest absolute Gasteiger partial charge is 0.0288 e. The summed E-state index contributed by atoms with van der Waals surface area (Å²) in [5.74, 6) is 0. The number of nitrogens with two attached hydrogens (primary N) is 1. The minimum absolute atomic E-state index is 0.0655. The molecule has 0 radical (unpaired) electrons. The lowest BCUT2D eigenvalue weighted by Gasteiger charge is -2.10. The van der Waals surface area contributed by atoms with Crippen molar-refractivity contribution in [3.63, 3.8) is 0 Å². The molecule has 1 nitrogen and oxygen atoms in total. The average Bonchev–Trinajstić information content (AvgIpc) is 2.39. The van der Waals surface area contributed by atoms with Crippen molar-refractivity contribution >= 4 is 0 Å². The van der Waals surface area contributed by atoms with Gasteiger partial charge in [-0.25, -0.2) is 0 Å². The molecule has 1 unspecified atom stereocenters. The van der Waals surface area contributed by atoms with Gasteiger partial charge >= 0.3 is 0 Å². The largest absolute Gasteiger partial charge is 0.324 e. The zero-order chi connectivity index (χ0) is 13.8. The lowest BCUT2D eigenvalue weighted by molar-refractivity contribution is 0.624. The van der Waals surface area contributed by atoms with Crippen molar-refractivity contribution in [1.82, 2.24) is 0 Å². The maximum Gasteiger partial charge on any atom is 0.0288 e. The van der Waals surface area contributed by atoms with Crippen LogP contribution in [0.5, 0.6) is 0 Å². The van der Waals surface area contributed by atoms with Crippen LogP contribution in [0.3, 0.4) is 0 Å². The maximum atomic E-state index is 6.03. The SMILES string of the molecule is C=C/C=C\C(=C)C(N)CCCC/C=C/C(=C)CC. The molecule has 0 rings (SSSR count). The van der Waals surface area contributed by atoms with E-state index in [0.717, 1.165) is 31.3 Å². The van der Waals surface area contributed by atoms with Gasteiger partial charge in [0.25, 0.3) is 0 Å². The zero-order valence-electron chi connectivity index (χ0n) is 11.7. The Kier molecular flexibility index (Phi) is 9.99. The second-order valence-electron chi connectivity index (χ2n) is 4.47. The number of unbranched alkanes of at least 4 members (excludes halogenated alkanes) is 2. The average molecular weight is 245 g/mol. The molecule has 2 N–H and O–H groups in total. The first-order valence-corrected chi connectivity index (χ1v) is 6.69. The molecule has 0 aliphatic rings. The Labute approximate surface area is 112 Å². The van der Waals surface area contributed by atoms with Crippen LogP contribution < -0.4 is 5.73 Å².